The number of hydrazine groups is 1. The summed E-state index contributed by atoms with van der Waals surface area (Å²) in [6.45, 7) is 3.04. The van der Waals surface area contributed by atoms with Crippen LogP contribution in [0.25, 0.3) is 10.9 Å². The Balaban J connectivity index is 1.20. The number of fused-ring (bicyclic) bond motifs is 3. The summed E-state index contributed by atoms with van der Waals surface area (Å²) in [6.07, 6.45) is 10.6. The third kappa shape index (κ3) is 4.85. The lowest BCUT2D eigenvalue weighted by molar-refractivity contribution is 0.0277. The number of hydrogen-bond donors (Lipinski definition) is 4. The van der Waals surface area contributed by atoms with Crippen LogP contribution >= 0.6 is 0 Å². The van der Waals surface area contributed by atoms with Crippen LogP contribution in [0.4, 0.5) is 11.6 Å². The maximum atomic E-state index is 9.23. The molecular weight excluding hydrogens is 450 g/mol. The highest BCUT2D eigenvalue weighted by molar-refractivity contribution is 5.91. The minimum Gasteiger partial charge on any atom is -0.367 e. The summed E-state index contributed by atoms with van der Waals surface area (Å²) in [5.74, 6) is 1.74. The fourth-order valence-corrected chi connectivity index (χ4v) is 6.14. The van der Waals surface area contributed by atoms with Crippen molar-refractivity contribution in [2.45, 2.75) is 82.3 Å². The molecule has 4 N–H and O–H groups in total. The lowest BCUT2D eigenvalue weighted by Gasteiger charge is -2.49. The van der Waals surface area contributed by atoms with Gasteiger partial charge in [-0.15, -0.1) is 0 Å². The SMILES string of the molecule is CC1CC(Nc2cc3ncccc3c(NC3C[C@H]4CCC[C@@H](C3)N4Cc3ccnc(C#N)c3)n2)NN1. The van der Waals surface area contributed by atoms with Gasteiger partial charge >= 0.3 is 0 Å². The Morgan fingerprint density at radius 1 is 1.06 bits per heavy atom. The van der Waals surface area contributed by atoms with Gasteiger partial charge in [-0.3, -0.25) is 15.3 Å². The fourth-order valence-electron chi connectivity index (χ4n) is 6.14. The highest BCUT2D eigenvalue weighted by atomic mass is 15.5. The minimum atomic E-state index is 0.138. The van der Waals surface area contributed by atoms with E-state index in [1.807, 2.05) is 30.5 Å². The van der Waals surface area contributed by atoms with Crippen molar-refractivity contribution in [1.29, 1.82) is 5.26 Å². The normalized spacial score (nSPS) is 28.1. The zero-order valence-electron chi connectivity index (χ0n) is 20.6. The number of nitrogens with one attached hydrogen (secondary N) is 4. The maximum absolute atomic E-state index is 9.23. The second-order valence-electron chi connectivity index (χ2n) is 10.4. The molecule has 186 valence electrons. The number of hydrogen-bond acceptors (Lipinski definition) is 9. The topological polar surface area (TPSA) is 114 Å². The van der Waals surface area contributed by atoms with Gasteiger partial charge in [0.05, 0.1) is 11.7 Å². The van der Waals surface area contributed by atoms with Crippen LogP contribution in [0.5, 0.6) is 0 Å². The Morgan fingerprint density at radius 2 is 1.92 bits per heavy atom. The molecule has 0 spiro atoms. The van der Waals surface area contributed by atoms with Crippen LogP contribution < -0.4 is 21.5 Å². The first kappa shape index (κ1) is 23.1. The van der Waals surface area contributed by atoms with E-state index < -0.39 is 0 Å². The van der Waals surface area contributed by atoms with E-state index >= 15 is 0 Å². The van der Waals surface area contributed by atoms with Gasteiger partial charge in [0.2, 0.25) is 0 Å². The first-order chi connectivity index (χ1) is 17.6. The molecule has 3 saturated heterocycles. The third-order valence-corrected chi connectivity index (χ3v) is 7.79. The van der Waals surface area contributed by atoms with Crippen LogP contribution in [0, 0.1) is 11.3 Å². The van der Waals surface area contributed by atoms with E-state index in [4.69, 9.17) is 4.98 Å². The summed E-state index contributed by atoms with van der Waals surface area (Å²) < 4.78 is 0. The van der Waals surface area contributed by atoms with E-state index in [-0.39, 0.29) is 6.17 Å². The number of nitrogens with zero attached hydrogens (tertiary/aromatic N) is 5. The van der Waals surface area contributed by atoms with Gasteiger partial charge in [-0.25, -0.2) is 15.4 Å². The largest absolute Gasteiger partial charge is 0.367 e. The molecule has 5 atom stereocenters. The first-order valence-electron chi connectivity index (χ1n) is 13.1. The van der Waals surface area contributed by atoms with Crippen LogP contribution in [0.1, 0.15) is 56.7 Å². The van der Waals surface area contributed by atoms with Crippen molar-refractivity contribution >= 4 is 22.5 Å². The highest BCUT2D eigenvalue weighted by Crippen LogP contribution is 2.37. The summed E-state index contributed by atoms with van der Waals surface area (Å²) in [6, 6.07) is 14.1. The Bertz CT molecular complexity index is 1260. The van der Waals surface area contributed by atoms with Crippen LogP contribution in [0.3, 0.4) is 0 Å². The molecule has 3 aliphatic rings. The van der Waals surface area contributed by atoms with Gasteiger partial charge in [-0.05, 0) is 68.9 Å². The van der Waals surface area contributed by atoms with Gasteiger partial charge < -0.3 is 10.6 Å². The van der Waals surface area contributed by atoms with Gasteiger partial charge in [-0.1, -0.05) is 6.42 Å². The summed E-state index contributed by atoms with van der Waals surface area (Å²) in [5, 5.41) is 17.6. The van der Waals surface area contributed by atoms with E-state index in [9.17, 15) is 5.26 Å². The monoisotopic (exact) mass is 483 g/mol. The number of piperidine rings is 2. The summed E-state index contributed by atoms with van der Waals surface area (Å²) in [4.78, 5) is 16.4. The molecule has 2 bridgehead atoms. The molecule has 0 amide bonds. The molecule has 6 rings (SSSR count). The van der Waals surface area contributed by atoms with Crippen LogP contribution in [0.15, 0.2) is 42.7 Å². The second-order valence-corrected chi connectivity index (χ2v) is 10.4. The van der Waals surface area contributed by atoms with E-state index in [0.29, 0.717) is 29.9 Å². The summed E-state index contributed by atoms with van der Waals surface area (Å²) in [5.41, 5.74) is 9.17. The molecule has 3 aromatic rings. The van der Waals surface area contributed by atoms with Crippen molar-refractivity contribution in [3.63, 3.8) is 0 Å². The van der Waals surface area contributed by atoms with Gasteiger partial charge in [0.1, 0.15) is 23.4 Å². The number of pyridine rings is 3. The molecule has 3 fully saturated rings. The smallest absolute Gasteiger partial charge is 0.140 e. The van der Waals surface area contributed by atoms with Crippen molar-refractivity contribution in [2.75, 3.05) is 10.6 Å². The standard InChI is InChI=1S/C27H33N9/c1-17-10-26(35-34-17)32-25-14-24-23(6-3-8-30-24)27(33-25)31-19-12-21-4-2-5-22(13-19)36(21)16-18-7-9-29-20(11-18)15-28/h3,6-9,11,14,17,19,21-22,26,34-35H,2,4-5,10,12-13,16H2,1H3,(H2,31,32,33)/t17?,19?,21-,22+,26?. The van der Waals surface area contributed by atoms with E-state index in [2.05, 4.69) is 55.4 Å². The molecule has 36 heavy (non-hydrogen) atoms. The Kier molecular flexibility index (Phi) is 6.40. The average Bonchev–Trinajstić information content (AvgIpc) is 3.29. The Labute approximate surface area is 211 Å². The fraction of sp³-hybridized carbons (Fsp3) is 0.481. The van der Waals surface area contributed by atoms with Crippen molar-refractivity contribution < 1.29 is 0 Å². The third-order valence-electron chi connectivity index (χ3n) is 7.79. The molecule has 9 heteroatoms. The molecule has 0 radical (unpaired) electrons. The molecule has 0 aromatic carbocycles. The van der Waals surface area contributed by atoms with Crippen molar-refractivity contribution in [3.8, 4) is 6.07 Å². The Hall–Kier alpha value is -3.32. The number of anilines is 2. The predicted octanol–water partition coefficient (Wildman–Crippen LogP) is 3.52. The molecule has 3 unspecified atom stereocenters. The molecule has 6 heterocycles. The summed E-state index contributed by atoms with van der Waals surface area (Å²) in [7, 11) is 0. The molecular formula is C27H33N9. The lowest BCUT2D eigenvalue weighted by atomic mass is 9.81. The zero-order valence-corrected chi connectivity index (χ0v) is 20.6. The minimum absolute atomic E-state index is 0.138. The van der Waals surface area contributed by atoms with Crippen LogP contribution in [0.2, 0.25) is 0 Å². The molecule has 0 aliphatic carbocycles. The molecule has 9 nitrogen and oxygen atoms in total. The van der Waals surface area contributed by atoms with Crippen LogP contribution in [-0.2, 0) is 6.54 Å². The molecule has 3 aliphatic heterocycles. The van der Waals surface area contributed by atoms with Gasteiger partial charge in [0.15, 0.2) is 0 Å². The van der Waals surface area contributed by atoms with Crippen molar-refractivity contribution in [2.24, 2.45) is 0 Å². The first-order valence-corrected chi connectivity index (χ1v) is 13.1. The lowest BCUT2D eigenvalue weighted by Crippen LogP contribution is -2.54. The van der Waals surface area contributed by atoms with Gasteiger partial charge in [-0.2, -0.15) is 5.26 Å². The highest BCUT2D eigenvalue weighted by Gasteiger charge is 2.38. The number of aromatic nitrogens is 3. The number of nitriles is 1. The van der Waals surface area contributed by atoms with Crippen molar-refractivity contribution in [1.82, 2.24) is 30.7 Å². The zero-order chi connectivity index (χ0) is 24.5. The second kappa shape index (κ2) is 9.97. The maximum Gasteiger partial charge on any atom is 0.140 e. The molecule has 0 saturated carbocycles. The number of rotatable bonds is 6. The van der Waals surface area contributed by atoms with Crippen molar-refractivity contribution in [3.05, 3.63) is 54.0 Å². The summed E-state index contributed by atoms with van der Waals surface area (Å²) >= 11 is 0. The van der Waals surface area contributed by atoms with E-state index in [1.165, 1.54) is 24.8 Å². The van der Waals surface area contributed by atoms with Gasteiger partial charge in [0.25, 0.3) is 0 Å². The quantitative estimate of drug-likeness (QED) is 0.418. The molecule has 3 aromatic heterocycles. The predicted molar refractivity (Wildman–Crippen MR) is 140 cm³/mol. The Morgan fingerprint density at radius 3 is 2.69 bits per heavy atom. The van der Waals surface area contributed by atoms with Gasteiger partial charge in [0, 0.05) is 54.6 Å². The van der Waals surface area contributed by atoms with E-state index in [0.717, 1.165) is 48.3 Å². The van der Waals surface area contributed by atoms with Crippen LogP contribution in [-0.4, -0.2) is 50.2 Å². The van der Waals surface area contributed by atoms with E-state index in [1.54, 1.807) is 6.20 Å². The average molecular weight is 484 g/mol.